The van der Waals surface area contributed by atoms with E-state index in [9.17, 15) is 14.7 Å². The van der Waals surface area contributed by atoms with E-state index in [0.717, 1.165) is 12.8 Å². The van der Waals surface area contributed by atoms with Gasteiger partial charge in [0.15, 0.2) is 0 Å². The van der Waals surface area contributed by atoms with Crippen LogP contribution in [0.15, 0.2) is 0 Å². The van der Waals surface area contributed by atoms with Gasteiger partial charge in [-0.1, -0.05) is 34.6 Å². The highest BCUT2D eigenvalue weighted by molar-refractivity contribution is 5.82. The van der Waals surface area contributed by atoms with E-state index in [0.29, 0.717) is 6.42 Å². The first kappa shape index (κ1) is 19.1. The summed E-state index contributed by atoms with van der Waals surface area (Å²) in [6, 6.07) is 0. The predicted molar refractivity (Wildman–Crippen MR) is 86.2 cm³/mol. The quantitative estimate of drug-likeness (QED) is 0.755. The summed E-state index contributed by atoms with van der Waals surface area (Å²) in [5, 5.41) is 10.4. The number of esters is 1. The second-order valence-corrected chi connectivity index (χ2v) is 7.29. The smallest absolute Gasteiger partial charge is 0.311 e. The molecule has 128 valence electrons. The highest BCUT2D eigenvalue weighted by atomic mass is 16.5. The number of ketones is 1. The number of cyclic esters (lactones) is 1. The minimum absolute atomic E-state index is 0.0426. The zero-order valence-corrected chi connectivity index (χ0v) is 14.8. The fourth-order valence-corrected chi connectivity index (χ4v) is 3.62. The van der Waals surface area contributed by atoms with Gasteiger partial charge in [0.1, 0.15) is 11.9 Å². The van der Waals surface area contributed by atoms with Gasteiger partial charge in [0.25, 0.3) is 0 Å². The van der Waals surface area contributed by atoms with Crippen LogP contribution in [0.1, 0.15) is 60.8 Å². The normalized spacial score (nSPS) is 42.2. The third-order valence-electron chi connectivity index (χ3n) is 5.19. The van der Waals surface area contributed by atoms with Crippen molar-refractivity contribution in [1.29, 1.82) is 0 Å². The summed E-state index contributed by atoms with van der Waals surface area (Å²) < 4.78 is 5.62. The lowest BCUT2D eigenvalue weighted by molar-refractivity contribution is -0.162. The summed E-state index contributed by atoms with van der Waals surface area (Å²) in [4.78, 5) is 24.8. The Bertz CT molecular complexity index is 387. The molecule has 0 aromatic heterocycles. The van der Waals surface area contributed by atoms with Crippen molar-refractivity contribution >= 4 is 11.8 Å². The molecule has 1 fully saturated rings. The summed E-state index contributed by atoms with van der Waals surface area (Å²) in [7, 11) is 0. The van der Waals surface area contributed by atoms with E-state index in [1.807, 2.05) is 34.6 Å². The first-order valence-electron chi connectivity index (χ1n) is 8.61. The zero-order chi connectivity index (χ0) is 17.0. The van der Waals surface area contributed by atoms with Gasteiger partial charge in [0.05, 0.1) is 12.0 Å². The molecule has 7 atom stereocenters. The van der Waals surface area contributed by atoms with Gasteiger partial charge in [0.2, 0.25) is 0 Å². The number of rotatable bonds is 1. The van der Waals surface area contributed by atoms with Crippen LogP contribution in [0, 0.1) is 29.6 Å². The van der Waals surface area contributed by atoms with Gasteiger partial charge in [-0.2, -0.15) is 0 Å². The van der Waals surface area contributed by atoms with E-state index in [-0.39, 0.29) is 41.5 Å². The largest absolute Gasteiger partial charge is 0.462 e. The average molecular weight is 312 g/mol. The number of aliphatic hydroxyl groups excluding tert-OH is 1. The first-order chi connectivity index (χ1) is 10.2. The predicted octanol–water partition coefficient (Wildman–Crippen LogP) is 3.21. The van der Waals surface area contributed by atoms with E-state index in [1.165, 1.54) is 0 Å². The van der Waals surface area contributed by atoms with Crippen molar-refractivity contribution in [3.8, 4) is 0 Å². The Morgan fingerprint density at radius 3 is 2.00 bits per heavy atom. The number of carbonyl (C=O) groups is 2. The molecule has 22 heavy (non-hydrogen) atoms. The van der Waals surface area contributed by atoms with Gasteiger partial charge in [-0.15, -0.1) is 0 Å². The summed E-state index contributed by atoms with van der Waals surface area (Å²) in [6.07, 6.45) is 1.10. The van der Waals surface area contributed by atoms with Crippen LogP contribution >= 0.6 is 0 Å². The van der Waals surface area contributed by atoms with E-state index in [2.05, 4.69) is 0 Å². The third-order valence-corrected chi connectivity index (χ3v) is 5.19. The Labute approximate surface area is 134 Å². The molecule has 4 heteroatoms. The molecule has 1 aliphatic heterocycles. The molecule has 0 aliphatic carbocycles. The molecule has 4 nitrogen and oxygen atoms in total. The van der Waals surface area contributed by atoms with Crippen LogP contribution < -0.4 is 0 Å². The van der Waals surface area contributed by atoms with Crippen molar-refractivity contribution in [2.45, 2.75) is 73.0 Å². The van der Waals surface area contributed by atoms with Crippen LogP contribution in [0.3, 0.4) is 0 Å². The Kier molecular flexibility index (Phi) is 7.04. The van der Waals surface area contributed by atoms with Crippen LogP contribution in [0.4, 0.5) is 0 Å². The molecule has 1 aliphatic rings. The minimum atomic E-state index is -0.773. The summed E-state index contributed by atoms with van der Waals surface area (Å²) in [5.41, 5.74) is 0. The molecule has 0 bridgehead atoms. The maximum atomic E-state index is 12.5. The first-order valence-corrected chi connectivity index (χ1v) is 8.61. The van der Waals surface area contributed by atoms with E-state index >= 15 is 0 Å². The molecule has 0 spiro atoms. The molecule has 1 heterocycles. The van der Waals surface area contributed by atoms with Crippen molar-refractivity contribution in [3.63, 3.8) is 0 Å². The van der Waals surface area contributed by atoms with Crippen molar-refractivity contribution in [2.75, 3.05) is 0 Å². The molecule has 2 unspecified atom stereocenters. The molecule has 0 radical (unpaired) electrons. The molecule has 1 saturated heterocycles. The van der Waals surface area contributed by atoms with Crippen molar-refractivity contribution in [3.05, 3.63) is 0 Å². The summed E-state index contributed by atoms with van der Waals surface area (Å²) in [5.74, 6) is -0.735. The Morgan fingerprint density at radius 1 is 1.00 bits per heavy atom. The lowest BCUT2D eigenvalue weighted by Gasteiger charge is -2.32. The number of aliphatic hydroxyl groups is 1. The van der Waals surface area contributed by atoms with Gasteiger partial charge in [0, 0.05) is 11.8 Å². The van der Waals surface area contributed by atoms with Crippen LogP contribution in [-0.4, -0.2) is 29.1 Å². The summed E-state index contributed by atoms with van der Waals surface area (Å²) in [6.45, 7) is 11.5. The van der Waals surface area contributed by atoms with Crippen molar-refractivity contribution < 1.29 is 19.4 Å². The second kappa shape index (κ2) is 8.09. The molecular weight excluding hydrogens is 280 g/mol. The fraction of sp³-hybridized carbons (Fsp3) is 0.889. The van der Waals surface area contributed by atoms with E-state index in [4.69, 9.17) is 4.74 Å². The average Bonchev–Trinajstić information content (AvgIpc) is 2.48. The Morgan fingerprint density at radius 2 is 1.50 bits per heavy atom. The number of hydrogen-bond donors (Lipinski definition) is 1. The highest BCUT2D eigenvalue weighted by Gasteiger charge is 2.34. The zero-order valence-electron chi connectivity index (χ0n) is 14.8. The van der Waals surface area contributed by atoms with Gasteiger partial charge < -0.3 is 9.84 Å². The van der Waals surface area contributed by atoms with Crippen LogP contribution in [0.5, 0.6) is 0 Å². The van der Waals surface area contributed by atoms with Crippen LogP contribution in [0.2, 0.25) is 0 Å². The molecule has 1 rings (SSSR count). The number of Topliss-reactive ketones (excluding diaryl/α,β-unsaturated/α-hetero) is 1. The van der Waals surface area contributed by atoms with Crippen molar-refractivity contribution in [2.24, 2.45) is 29.6 Å². The van der Waals surface area contributed by atoms with Crippen LogP contribution in [-0.2, 0) is 14.3 Å². The topological polar surface area (TPSA) is 63.6 Å². The summed E-state index contributed by atoms with van der Waals surface area (Å²) >= 11 is 0. The van der Waals surface area contributed by atoms with Gasteiger partial charge in [-0.05, 0) is 38.0 Å². The molecule has 0 aromatic rings. The maximum absolute atomic E-state index is 12.5. The molecule has 0 aromatic carbocycles. The molecule has 0 amide bonds. The standard InChI is InChI=1S/C18H32O4/c1-7-15-10(2)8-11(3)16(19)12(4)9-13(5)17(20)14(6)18(21)22-15/h10-15,17,20H,7-9H2,1-6H3/t10-,11-,12-,13?,14+,15-,17?/m1/s1. The molecule has 0 saturated carbocycles. The number of hydrogen-bond acceptors (Lipinski definition) is 4. The second-order valence-electron chi connectivity index (χ2n) is 7.29. The lowest BCUT2D eigenvalue weighted by atomic mass is 9.80. The van der Waals surface area contributed by atoms with Gasteiger partial charge in [-0.3, -0.25) is 9.59 Å². The fourth-order valence-electron chi connectivity index (χ4n) is 3.62. The van der Waals surface area contributed by atoms with Crippen LogP contribution in [0.25, 0.3) is 0 Å². The number of carbonyl (C=O) groups excluding carboxylic acids is 2. The van der Waals surface area contributed by atoms with Gasteiger partial charge >= 0.3 is 5.97 Å². The lowest BCUT2D eigenvalue weighted by Crippen LogP contribution is -2.38. The minimum Gasteiger partial charge on any atom is -0.462 e. The highest BCUT2D eigenvalue weighted by Crippen LogP contribution is 2.29. The SMILES string of the molecule is CC[C@H]1OC(=O)[C@@H](C)C(O)C(C)C[C@@H](C)C(=O)[C@H](C)C[C@H]1C. The van der Waals surface area contributed by atoms with E-state index in [1.54, 1.807) is 6.92 Å². The number of ether oxygens (including phenoxy) is 1. The van der Waals surface area contributed by atoms with Gasteiger partial charge in [-0.25, -0.2) is 0 Å². The Hall–Kier alpha value is -0.900. The Balaban J connectivity index is 3.03. The van der Waals surface area contributed by atoms with E-state index < -0.39 is 12.0 Å². The van der Waals surface area contributed by atoms with Crippen molar-refractivity contribution in [1.82, 2.24) is 0 Å². The monoisotopic (exact) mass is 312 g/mol. The molecular formula is C18H32O4. The molecule has 1 N–H and O–H groups in total. The maximum Gasteiger partial charge on any atom is 0.311 e. The third kappa shape index (κ3) is 4.55.